The van der Waals surface area contributed by atoms with Crippen molar-refractivity contribution in [3.05, 3.63) is 29.3 Å². The summed E-state index contributed by atoms with van der Waals surface area (Å²) in [5.74, 6) is 2.65. The maximum Gasteiger partial charge on any atom is 0.324 e. The molecule has 1 unspecified atom stereocenters. The van der Waals surface area contributed by atoms with Crippen LogP contribution in [0.15, 0.2) is 16.8 Å². The second-order valence-corrected chi connectivity index (χ2v) is 9.81. The summed E-state index contributed by atoms with van der Waals surface area (Å²) in [6.07, 6.45) is 10.8. The molecule has 31 heavy (non-hydrogen) atoms. The van der Waals surface area contributed by atoms with Gasteiger partial charge in [-0.3, -0.25) is 4.98 Å². The molecule has 1 N–H and O–H groups in total. The summed E-state index contributed by atoms with van der Waals surface area (Å²) >= 11 is 0. The molecule has 2 aromatic rings. The van der Waals surface area contributed by atoms with Gasteiger partial charge >= 0.3 is 6.01 Å². The molecular formula is C24H35N5O2. The Bertz CT molecular complexity index is 892. The van der Waals surface area contributed by atoms with Crippen molar-refractivity contribution in [2.24, 2.45) is 0 Å². The van der Waals surface area contributed by atoms with Gasteiger partial charge in [-0.15, -0.1) is 0 Å². The van der Waals surface area contributed by atoms with Crippen molar-refractivity contribution >= 4 is 6.01 Å². The lowest BCUT2D eigenvalue weighted by atomic mass is 9.89. The minimum atomic E-state index is -0.112. The van der Waals surface area contributed by atoms with Crippen LogP contribution in [0.5, 0.6) is 5.75 Å². The molecule has 7 nitrogen and oxygen atoms in total. The molecule has 0 radical (unpaired) electrons. The van der Waals surface area contributed by atoms with Crippen LogP contribution in [0.2, 0.25) is 0 Å². The van der Waals surface area contributed by atoms with E-state index in [1.807, 2.05) is 6.20 Å². The molecular weight excluding hydrogens is 390 g/mol. The minimum Gasteiger partial charge on any atom is -0.485 e. The number of anilines is 1. The first-order chi connectivity index (χ1) is 15.1. The fraction of sp³-hybridized carbons (Fsp3) is 0.708. The van der Waals surface area contributed by atoms with Gasteiger partial charge in [0, 0.05) is 37.0 Å². The molecule has 0 saturated carbocycles. The zero-order valence-corrected chi connectivity index (χ0v) is 18.9. The standard InChI is InChI=1S/C24H35N5O2/c1-17(2)22-27-23(31-28-22)29-13-4-9-24(10-14-29)8-3-5-19-15-20(26-16-21(19)30-24)18-6-11-25-12-7-18/h15-18,25H,3-14H2,1-2H3. The zero-order chi connectivity index (χ0) is 21.3. The number of rotatable bonds is 3. The number of aromatic nitrogens is 3. The van der Waals surface area contributed by atoms with Crippen LogP contribution in [-0.2, 0) is 6.42 Å². The van der Waals surface area contributed by atoms with Crippen molar-refractivity contribution in [3.8, 4) is 5.75 Å². The van der Waals surface area contributed by atoms with E-state index >= 15 is 0 Å². The molecule has 5 heterocycles. The fourth-order valence-electron chi connectivity index (χ4n) is 5.32. The van der Waals surface area contributed by atoms with Gasteiger partial charge in [-0.2, -0.15) is 4.98 Å². The summed E-state index contributed by atoms with van der Waals surface area (Å²) in [5, 5.41) is 7.60. The van der Waals surface area contributed by atoms with E-state index in [1.165, 1.54) is 30.5 Å². The molecule has 1 atom stereocenters. The van der Waals surface area contributed by atoms with Gasteiger partial charge in [-0.1, -0.05) is 19.0 Å². The largest absolute Gasteiger partial charge is 0.485 e. The lowest BCUT2D eigenvalue weighted by molar-refractivity contribution is 0.0499. The van der Waals surface area contributed by atoms with Crippen LogP contribution < -0.4 is 15.0 Å². The minimum absolute atomic E-state index is 0.112. The Hall–Kier alpha value is -2.15. The average molecular weight is 426 g/mol. The number of fused-ring (bicyclic) bond motifs is 1. The fourth-order valence-corrected chi connectivity index (χ4v) is 5.32. The normalized spacial score (nSPS) is 25.2. The van der Waals surface area contributed by atoms with Crippen molar-refractivity contribution in [1.82, 2.24) is 20.4 Å². The maximum absolute atomic E-state index is 6.77. The van der Waals surface area contributed by atoms with Crippen LogP contribution in [0.1, 0.15) is 87.7 Å². The highest BCUT2D eigenvalue weighted by Crippen LogP contribution is 2.39. The lowest BCUT2D eigenvalue weighted by Gasteiger charge is -2.32. The Balaban J connectivity index is 1.30. The number of pyridine rings is 1. The molecule has 2 fully saturated rings. The molecule has 2 saturated heterocycles. The van der Waals surface area contributed by atoms with E-state index in [-0.39, 0.29) is 11.5 Å². The Morgan fingerprint density at radius 2 is 1.97 bits per heavy atom. The summed E-state index contributed by atoms with van der Waals surface area (Å²) in [6, 6.07) is 2.99. The third-order valence-corrected chi connectivity index (χ3v) is 7.25. The second kappa shape index (κ2) is 8.77. The van der Waals surface area contributed by atoms with Crippen LogP contribution in [0.25, 0.3) is 0 Å². The smallest absolute Gasteiger partial charge is 0.324 e. The third-order valence-electron chi connectivity index (χ3n) is 7.25. The van der Waals surface area contributed by atoms with Gasteiger partial charge in [0.05, 0.1) is 6.20 Å². The average Bonchev–Trinajstić information content (AvgIpc) is 3.10. The lowest BCUT2D eigenvalue weighted by Crippen LogP contribution is -2.37. The van der Waals surface area contributed by atoms with Crippen LogP contribution in [0, 0.1) is 0 Å². The van der Waals surface area contributed by atoms with Crippen LogP contribution >= 0.6 is 0 Å². The summed E-state index contributed by atoms with van der Waals surface area (Å²) in [4.78, 5) is 11.7. The molecule has 0 aliphatic carbocycles. The molecule has 168 valence electrons. The second-order valence-electron chi connectivity index (χ2n) is 9.81. The number of nitrogens with one attached hydrogen (secondary N) is 1. The van der Waals surface area contributed by atoms with Crippen LogP contribution in [0.3, 0.4) is 0 Å². The number of ether oxygens (including phenoxy) is 1. The van der Waals surface area contributed by atoms with Gasteiger partial charge in [0.2, 0.25) is 0 Å². The number of aryl methyl sites for hydroxylation is 1. The van der Waals surface area contributed by atoms with E-state index in [4.69, 9.17) is 14.2 Å². The van der Waals surface area contributed by atoms with E-state index in [0.717, 1.165) is 69.9 Å². The molecule has 0 bridgehead atoms. The van der Waals surface area contributed by atoms with Gasteiger partial charge in [0.1, 0.15) is 11.4 Å². The van der Waals surface area contributed by atoms with Crippen molar-refractivity contribution < 1.29 is 9.26 Å². The molecule has 0 amide bonds. The predicted octanol–water partition coefficient (Wildman–Crippen LogP) is 4.20. The van der Waals surface area contributed by atoms with E-state index in [0.29, 0.717) is 11.9 Å². The Morgan fingerprint density at radius 1 is 1.13 bits per heavy atom. The molecule has 3 aliphatic heterocycles. The quantitative estimate of drug-likeness (QED) is 0.790. The SMILES string of the molecule is CC(C)c1noc(N2CCCC3(CCCc4cc(C5CCNCC5)ncc4O3)CC2)n1. The van der Waals surface area contributed by atoms with Crippen LogP contribution in [0.4, 0.5) is 6.01 Å². The predicted molar refractivity (Wildman–Crippen MR) is 120 cm³/mol. The number of piperidine rings is 1. The molecule has 1 spiro atoms. The van der Waals surface area contributed by atoms with Crippen molar-refractivity contribution in [1.29, 1.82) is 0 Å². The highest BCUT2D eigenvalue weighted by Gasteiger charge is 2.37. The summed E-state index contributed by atoms with van der Waals surface area (Å²) in [6.45, 7) is 8.19. The maximum atomic E-state index is 6.77. The van der Waals surface area contributed by atoms with Crippen molar-refractivity contribution in [2.75, 3.05) is 31.1 Å². The number of nitrogens with zero attached hydrogens (tertiary/aromatic N) is 4. The first-order valence-electron chi connectivity index (χ1n) is 12.1. The summed E-state index contributed by atoms with van der Waals surface area (Å²) in [7, 11) is 0. The van der Waals surface area contributed by atoms with Gasteiger partial charge in [-0.05, 0) is 69.7 Å². The summed E-state index contributed by atoms with van der Waals surface area (Å²) < 4.78 is 12.3. The van der Waals surface area contributed by atoms with Gasteiger partial charge in [0.15, 0.2) is 5.82 Å². The first-order valence-corrected chi connectivity index (χ1v) is 12.1. The molecule has 7 heteroatoms. The number of hydrogen-bond acceptors (Lipinski definition) is 7. The first kappa shape index (κ1) is 20.7. The highest BCUT2D eigenvalue weighted by molar-refractivity contribution is 5.36. The summed E-state index contributed by atoms with van der Waals surface area (Å²) in [5.41, 5.74) is 2.49. The molecule has 2 aromatic heterocycles. The Kier molecular flexibility index (Phi) is 5.87. The topological polar surface area (TPSA) is 76.3 Å². The monoisotopic (exact) mass is 425 g/mol. The third kappa shape index (κ3) is 4.43. The van der Waals surface area contributed by atoms with E-state index in [9.17, 15) is 0 Å². The van der Waals surface area contributed by atoms with Crippen molar-refractivity contribution in [3.63, 3.8) is 0 Å². The van der Waals surface area contributed by atoms with E-state index < -0.39 is 0 Å². The zero-order valence-electron chi connectivity index (χ0n) is 18.9. The van der Waals surface area contributed by atoms with Gasteiger partial charge < -0.3 is 19.5 Å². The van der Waals surface area contributed by atoms with Gasteiger partial charge in [-0.25, -0.2) is 0 Å². The van der Waals surface area contributed by atoms with Crippen LogP contribution in [-0.4, -0.2) is 46.9 Å². The molecule has 0 aromatic carbocycles. The Morgan fingerprint density at radius 3 is 2.77 bits per heavy atom. The van der Waals surface area contributed by atoms with Crippen molar-refractivity contribution in [2.45, 2.75) is 82.7 Å². The Labute approximate surface area is 185 Å². The van der Waals surface area contributed by atoms with E-state index in [2.05, 4.69) is 40.3 Å². The molecule has 5 rings (SSSR count). The van der Waals surface area contributed by atoms with E-state index in [1.54, 1.807) is 0 Å². The number of hydrogen-bond donors (Lipinski definition) is 1. The highest BCUT2D eigenvalue weighted by atomic mass is 16.5. The van der Waals surface area contributed by atoms with Gasteiger partial charge in [0.25, 0.3) is 0 Å². The molecule has 3 aliphatic rings.